The summed E-state index contributed by atoms with van der Waals surface area (Å²) < 4.78 is 30.4. The maximum Gasteiger partial charge on any atom is 0.312 e. The SMILES string of the molecule is Cc1c(F)cc(Br)c(CNC(=O)C2N=C3N(CC4(F)CCC3(N(C)C(=O)C(=O)N(C)C)CC4)C(=O)C2=O)c1Br. The Balaban J connectivity index is 1.72. The molecule has 210 valence electrons. The zero-order valence-electron chi connectivity index (χ0n) is 21.7. The number of likely N-dealkylation sites (N-methyl/N-ethyl adjacent to an activating group) is 2. The minimum Gasteiger partial charge on any atom is -0.350 e. The van der Waals surface area contributed by atoms with Gasteiger partial charge in [0.15, 0.2) is 6.04 Å². The first-order valence-corrected chi connectivity index (χ1v) is 13.7. The highest BCUT2D eigenvalue weighted by Gasteiger charge is 2.60. The molecule has 5 rings (SSSR count). The van der Waals surface area contributed by atoms with E-state index in [0.717, 1.165) is 14.7 Å². The second-order valence-electron chi connectivity index (χ2n) is 10.3. The molecular formula is C25H27Br2F2N5O5. The summed E-state index contributed by atoms with van der Waals surface area (Å²) in [6.07, 6.45) is 0.0415. The van der Waals surface area contributed by atoms with Crippen LogP contribution < -0.4 is 5.32 Å². The van der Waals surface area contributed by atoms with Crippen molar-refractivity contribution in [2.45, 2.75) is 56.4 Å². The van der Waals surface area contributed by atoms with Gasteiger partial charge < -0.3 is 15.1 Å². The molecule has 1 saturated carbocycles. The van der Waals surface area contributed by atoms with Crippen molar-refractivity contribution in [2.24, 2.45) is 4.99 Å². The van der Waals surface area contributed by atoms with E-state index in [1.165, 1.54) is 27.2 Å². The van der Waals surface area contributed by atoms with E-state index in [1.54, 1.807) is 6.92 Å². The molecule has 10 nitrogen and oxygen atoms in total. The lowest BCUT2D eigenvalue weighted by atomic mass is 9.75. The maximum atomic E-state index is 15.6. The van der Waals surface area contributed by atoms with E-state index < -0.39 is 59.0 Å². The van der Waals surface area contributed by atoms with Crippen molar-refractivity contribution in [1.29, 1.82) is 0 Å². The molecule has 0 aromatic heterocycles. The number of aliphatic imine (C=N–C) groups is 1. The van der Waals surface area contributed by atoms with E-state index in [9.17, 15) is 28.4 Å². The van der Waals surface area contributed by atoms with Gasteiger partial charge in [-0.1, -0.05) is 31.9 Å². The van der Waals surface area contributed by atoms with Crippen molar-refractivity contribution in [2.75, 3.05) is 27.7 Å². The molecular weight excluding hydrogens is 648 g/mol. The smallest absolute Gasteiger partial charge is 0.312 e. The molecule has 4 amide bonds. The number of amides is 4. The van der Waals surface area contributed by atoms with Gasteiger partial charge in [0, 0.05) is 42.2 Å². The van der Waals surface area contributed by atoms with E-state index >= 15 is 4.39 Å². The summed E-state index contributed by atoms with van der Waals surface area (Å²) >= 11 is 6.57. The average Bonchev–Trinajstić information content (AvgIpc) is 3.10. The third kappa shape index (κ3) is 4.90. The summed E-state index contributed by atoms with van der Waals surface area (Å²) in [7, 11) is 4.21. The molecule has 3 heterocycles. The molecule has 2 bridgehead atoms. The average molecular weight is 675 g/mol. The molecule has 1 unspecified atom stereocenters. The molecule has 39 heavy (non-hydrogen) atoms. The number of Topliss-reactive ketones (excluding diaryl/α,β-unsaturated/α-hetero) is 1. The molecule has 3 aliphatic heterocycles. The van der Waals surface area contributed by atoms with Gasteiger partial charge in [-0.15, -0.1) is 0 Å². The number of rotatable bonds is 4. The zero-order valence-corrected chi connectivity index (χ0v) is 24.9. The molecule has 1 atom stereocenters. The second kappa shape index (κ2) is 10.3. The van der Waals surface area contributed by atoms with Crippen LogP contribution in [0, 0.1) is 12.7 Å². The number of hydrogen-bond acceptors (Lipinski definition) is 6. The van der Waals surface area contributed by atoms with Crippen LogP contribution in [-0.4, -0.2) is 94.9 Å². The summed E-state index contributed by atoms with van der Waals surface area (Å²) in [5.74, 6) is -5.37. The Morgan fingerprint density at radius 3 is 2.33 bits per heavy atom. The Labute approximate surface area is 240 Å². The molecule has 1 aromatic rings. The van der Waals surface area contributed by atoms with Crippen LogP contribution in [0.3, 0.4) is 0 Å². The third-order valence-corrected chi connectivity index (χ3v) is 9.54. The van der Waals surface area contributed by atoms with Crippen molar-refractivity contribution < 1.29 is 32.8 Å². The van der Waals surface area contributed by atoms with Crippen LogP contribution in [0.15, 0.2) is 20.0 Å². The van der Waals surface area contributed by atoms with E-state index in [0.29, 0.717) is 20.1 Å². The van der Waals surface area contributed by atoms with Crippen LogP contribution in [0.5, 0.6) is 0 Å². The first-order valence-electron chi connectivity index (χ1n) is 12.2. The first-order chi connectivity index (χ1) is 18.1. The van der Waals surface area contributed by atoms with Gasteiger partial charge in [0.25, 0.3) is 17.6 Å². The van der Waals surface area contributed by atoms with Crippen LogP contribution in [0.1, 0.15) is 36.8 Å². The molecule has 14 heteroatoms. The standard InChI is InChI=1S/C25H27Br2F2N5O5/c1-12-15(28)9-14(26)13(16(12)27)10-30-19(36)17-18(35)20(37)34-11-24(29)5-7-25(8-6-24,23(34)31-17)33(4)22(39)21(38)32(2)3/h9,17H,5-8,10-11H2,1-4H3,(H,30,36). The fraction of sp³-hybridized carbons (Fsp3) is 0.520. The molecule has 3 fully saturated rings. The number of carbonyl (C=O) groups excluding carboxylic acids is 5. The summed E-state index contributed by atoms with van der Waals surface area (Å²) in [4.78, 5) is 72.6. The van der Waals surface area contributed by atoms with Gasteiger partial charge in [-0.2, -0.15) is 0 Å². The second-order valence-corrected chi connectivity index (χ2v) is 12.0. The van der Waals surface area contributed by atoms with Gasteiger partial charge in [-0.3, -0.25) is 28.9 Å². The van der Waals surface area contributed by atoms with Gasteiger partial charge in [-0.25, -0.2) is 13.8 Å². The van der Waals surface area contributed by atoms with Crippen molar-refractivity contribution >= 4 is 67.1 Å². The molecule has 1 aliphatic carbocycles. The number of carbonyl (C=O) groups is 5. The summed E-state index contributed by atoms with van der Waals surface area (Å²) in [6, 6.07) is -0.532. The number of amidine groups is 1. The predicted octanol–water partition coefficient (Wildman–Crippen LogP) is 2.04. The van der Waals surface area contributed by atoms with Gasteiger partial charge in [0.05, 0.1) is 6.54 Å². The van der Waals surface area contributed by atoms with E-state index in [2.05, 4.69) is 42.2 Å². The Bertz CT molecular complexity index is 1330. The Hall–Kier alpha value is -2.74. The number of alkyl halides is 1. The van der Waals surface area contributed by atoms with Crippen molar-refractivity contribution in [1.82, 2.24) is 20.0 Å². The Morgan fingerprint density at radius 1 is 1.13 bits per heavy atom. The molecule has 0 spiro atoms. The largest absolute Gasteiger partial charge is 0.350 e. The van der Waals surface area contributed by atoms with E-state index in [4.69, 9.17) is 0 Å². The van der Waals surface area contributed by atoms with Crippen molar-refractivity contribution in [3.05, 3.63) is 32.0 Å². The lowest BCUT2D eigenvalue weighted by molar-refractivity contribution is -0.152. The minimum absolute atomic E-state index is 0.0272. The van der Waals surface area contributed by atoms with E-state index in [-0.39, 0.29) is 38.1 Å². The fourth-order valence-corrected chi connectivity index (χ4v) is 6.61. The lowest BCUT2D eigenvalue weighted by Crippen LogP contribution is -2.65. The zero-order chi connectivity index (χ0) is 29.0. The number of ketones is 1. The number of hydrogen-bond donors (Lipinski definition) is 1. The maximum absolute atomic E-state index is 15.6. The molecule has 2 saturated heterocycles. The van der Waals surface area contributed by atoms with Gasteiger partial charge in [-0.05, 0) is 44.2 Å². The van der Waals surface area contributed by atoms with Gasteiger partial charge >= 0.3 is 11.8 Å². The van der Waals surface area contributed by atoms with E-state index in [1.807, 2.05) is 0 Å². The molecule has 0 radical (unpaired) electrons. The molecule has 1 aromatic carbocycles. The summed E-state index contributed by atoms with van der Waals surface area (Å²) in [6.45, 7) is 0.991. The molecule has 1 N–H and O–H groups in total. The highest BCUT2D eigenvalue weighted by molar-refractivity contribution is 9.11. The number of benzene rings is 1. The van der Waals surface area contributed by atoms with Gasteiger partial charge in [0.2, 0.25) is 0 Å². The van der Waals surface area contributed by atoms with Gasteiger partial charge in [0.1, 0.15) is 22.9 Å². The van der Waals surface area contributed by atoms with Crippen LogP contribution >= 0.6 is 31.9 Å². The Kier molecular flexibility index (Phi) is 7.76. The molecule has 4 aliphatic rings. The summed E-state index contributed by atoms with van der Waals surface area (Å²) in [5, 5.41) is 2.57. The fourth-order valence-electron chi connectivity index (χ4n) is 5.26. The number of nitrogens with one attached hydrogen (secondary N) is 1. The topological polar surface area (TPSA) is 119 Å². The highest BCUT2D eigenvalue weighted by Crippen LogP contribution is 2.47. The quantitative estimate of drug-likeness (QED) is 0.388. The first kappa shape index (κ1) is 29.2. The highest BCUT2D eigenvalue weighted by atomic mass is 79.9. The number of fused-ring (bicyclic) bond motifs is 2. The predicted molar refractivity (Wildman–Crippen MR) is 143 cm³/mol. The van der Waals surface area contributed by atoms with Crippen LogP contribution in [0.25, 0.3) is 0 Å². The van der Waals surface area contributed by atoms with Crippen LogP contribution in [0.4, 0.5) is 8.78 Å². The van der Waals surface area contributed by atoms with Crippen molar-refractivity contribution in [3.63, 3.8) is 0 Å². The monoisotopic (exact) mass is 673 g/mol. The minimum atomic E-state index is -1.81. The lowest BCUT2D eigenvalue weighted by Gasteiger charge is -2.46. The summed E-state index contributed by atoms with van der Waals surface area (Å²) in [5.41, 5.74) is -2.36. The Morgan fingerprint density at radius 2 is 1.74 bits per heavy atom. The van der Waals surface area contributed by atoms with Crippen LogP contribution in [0.2, 0.25) is 0 Å². The third-order valence-electron chi connectivity index (χ3n) is 7.76. The normalized spacial score (nSPS) is 26.0. The number of nitrogens with zero attached hydrogens (tertiary/aromatic N) is 4. The van der Waals surface area contributed by atoms with Crippen molar-refractivity contribution in [3.8, 4) is 0 Å². The number of halogens is 4. The van der Waals surface area contributed by atoms with Crippen LogP contribution in [-0.2, 0) is 30.5 Å².